The van der Waals surface area contributed by atoms with Gasteiger partial charge in [-0.3, -0.25) is 14.9 Å². The van der Waals surface area contributed by atoms with E-state index in [4.69, 9.17) is 21.1 Å². The van der Waals surface area contributed by atoms with Crippen molar-refractivity contribution in [1.29, 1.82) is 0 Å². The molecule has 1 saturated heterocycles. The Kier molecular flexibility index (Phi) is 7.41. The van der Waals surface area contributed by atoms with E-state index in [2.05, 4.69) is 10.3 Å². The third-order valence-corrected chi connectivity index (χ3v) is 6.06. The van der Waals surface area contributed by atoms with E-state index in [0.29, 0.717) is 38.5 Å². The predicted molar refractivity (Wildman–Crippen MR) is 133 cm³/mol. The maximum Gasteiger partial charge on any atom is 0.416 e. The van der Waals surface area contributed by atoms with Crippen LogP contribution in [0.3, 0.4) is 0 Å². The molecule has 1 aliphatic rings. The molecule has 1 fully saturated rings. The average molecular weight is 550 g/mol. The van der Waals surface area contributed by atoms with Crippen molar-refractivity contribution in [3.63, 3.8) is 0 Å². The second-order valence-electron chi connectivity index (χ2n) is 7.41. The standard InChI is InChI=1S/C24H15ClF3N3O5S/c1-35-20-10-13(11-21-22(32)30-23(37-21)29-16-6-4-15(25)5-7-16)2-8-19(20)36-18-9-3-14(24(26,27)28)12-17(18)31(33)34/h2-12H,1H3,(H,29,30,32)/b21-11-. The van der Waals surface area contributed by atoms with Crippen LogP contribution in [-0.4, -0.2) is 23.1 Å². The molecular formula is C24H15ClF3N3O5S. The predicted octanol–water partition coefficient (Wildman–Crippen LogP) is 6.96. The van der Waals surface area contributed by atoms with Crippen LogP contribution in [0.25, 0.3) is 6.08 Å². The van der Waals surface area contributed by atoms with Crippen molar-refractivity contribution in [1.82, 2.24) is 5.32 Å². The molecule has 3 aromatic carbocycles. The van der Waals surface area contributed by atoms with E-state index in [1.807, 2.05) is 0 Å². The van der Waals surface area contributed by atoms with Gasteiger partial charge in [0.1, 0.15) is 0 Å². The third kappa shape index (κ3) is 6.22. The molecule has 13 heteroatoms. The molecule has 0 bridgehead atoms. The molecule has 0 atom stereocenters. The molecule has 190 valence electrons. The van der Waals surface area contributed by atoms with Crippen LogP contribution in [0, 0.1) is 10.1 Å². The van der Waals surface area contributed by atoms with Gasteiger partial charge in [-0.1, -0.05) is 17.7 Å². The van der Waals surface area contributed by atoms with Crippen LogP contribution in [0.5, 0.6) is 17.2 Å². The van der Waals surface area contributed by atoms with Gasteiger partial charge in [0.2, 0.25) is 5.75 Å². The molecule has 0 saturated carbocycles. The second-order valence-corrected chi connectivity index (χ2v) is 8.87. The number of halogens is 4. The van der Waals surface area contributed by atoms with Gasteiger partial charge >= 0.3 is 11.9 Å². The molecule has 1 heterocycles. The first kappa shape index (κ1) is 26.0. The number of thioether (sulfide) groups is 1. The number of carbonyl (C=O) groups excluding carboxylic acids is 1. The maximum atomic E-state index is 13.0. The lowest BCUT2D eigenvalue weighted by Crippen LogP contribution is -2.19. The van der Waals surface area contributed by atoms with E-state index in [9.17, 15) is 28.1 Å². The molecule has 0 unspecified atom stereocenters. The first-order valence-corrected chi connectivity index (χ1v) is 11.5. The number of ether oxygens (including phenoxy) is 2. The van der Waals surface area contributed by atoms with E-state index in [0.717, 1.165) is 17.8 Å². The highest BCUT2D eigenvalue weighted by molar-refractivity contribution is 8.18. The van der Waals surface area contributed by atoms with Crippen molar-refractivity contribution in [3.8, 4) is 17.2 Å². The zero-order valence-electron chi connectivity index (χ0n) is 18.7. The quantitative estimate of drug-likeness (QED) is 0.202. The van der Waals surface area contributed by atoms with Gasteiger partial charge in [0.25, 0.3) is 5.91 Å². The van der Waals surface area contributed by atoms with Crippen LogP contribution < -0.4 is 14.8 Å². The fraction of sp³-hybridized carbons (Fsp3) is 0.0833. The molecule has 0 radical (unpaired) electrons. The molecule has 3 aromatic rings. The highest BCUT2D eigenvalue weighted by atomic mass is 35.5. The first-order chi connectivity index (χ1) is 17.5. The Balaban J connectivity index is 1.57. The molecule has 0 aromatic heterocycles. The average Bonchev–Trinajstić information content (AvgIpc) is 3.19. The van der Waals surface area contributed by atoms with E-state index in [1.54, 1.807) is 36.4 Å². The number of carbonyl (C=O) groups is 1. The van der Waals surface area contributed by atoms with E-state index in [-0.39, 0.29) is 17.4 Å². The third-order valence-electron chi connectivity index (χ3n) is 4.90. The lowest BCUT2D eigenvalue weighted by Gasteiger charge is -2.13. The number of nitrogens with one attached hydrogen (secondary N) is 1. The minimum absolute atomic E-state index is 0.0287. The Morgan fingerprint density at radius 2 is 1.76 bits per heavy atom. The zero-order chi connectivity index (χ0) is 26.7. The fourth-order valence-electron chi connectivity index (χ4n) is 3.16. The normalized spacial score (nSPS) is 15.6. The smallest absolute Gasteiger partial charge is 0.416 e. The SMILES string of the molecule is COc1cc(/C=C2\SC(=Nc3ccc(Cl)cc3)NC2=O)ccc1Oc1ccc(C(F)(F)F)cc1[N+](=O)[O-]. The number of benzene rings is 3. The number of alkyl halides is 3. The molecule has 4 rings (SSSR count). The van der Waals surface area contributed by atoms with Gasteiger partial charge in [-0.15, -0.1) is 0 Å². The van der Waals surface area contributed by atoms with Gasteiger partial charge < -0.3 is 14.8 Å². The monoisotopic (exact) mass is 549 g/mol. The number of nitro groups is 1. The number of nitro benzene ring substituents is 1. The van der Waals surface area contributed by atoms with Crippen molar-refractivity contribution in [2.75, 3.05) is 7.11 Å². The van der Waals surface area contributed by atoms with Crippen LogP contribution in [-0.2, 0) is 11.0 Å². The van der Waals surface area contributed by atoms with Gasteiger partial charge in [-0.2, -0.15) is 13.2 Å². The molecular weight excluding hydrogens is 535 g/mol. The number of hydrogen-bond donors (Lipinski definition) is 1. The lowest BCUT2D eigenvalue weighted by atomic mass is 10.1. The number of nitrogens with zero attached hydrogens (tertiary/aromatic N) is 2. The number of rotatable bonds is 6. The number of methoxy groups -OCH3 is 1. The van der Waals surface area contributed by atoms with E-state index < -0.39 is 28.1 Å². The number of amides is 1. The number of amidine groups is 1. The minimum atomic E-state index is -4.75. The number of aliphatic imine (C=N–C) groups is 1. The fourth-order valence-corrected chi connectivity index (χ4v) is 4.13. The number of hydrogen-bond acceptors (Lipinski definition) is 7. The van der Waals surface area contributed by atoms with Crippen molar-refractivity contribution in [3.05, 3.63) is 91.8 Å². The summed E-state index contributed by atoms with van der Waals surface area (Å²) in [6, 6.07) is 13.2. The highest BCUT2D eigenvalue weighted by Gasteiger charge is 2.33. The van der Waals surface area contributed by atoms with Gasteiger partial charge in [-0.25, -0.2) is 4.99 Å². The molecule has 1 N–H and O–H groups in total. The molecule has 0 aliphatic carbocycles. The summed E-state index contributed by atoms with van der Waals surface area (Å²) in [5, 5.41) is 14.9. The Bertz CT molecular complexity index is 1440. The van der Waals surface area contributed by atoms with Crippen LogP contribution in [0.4, 0.5) is 24.5 Å². The van der Waals surface area contributed by atoms with Crippen LogP contribution in [0.2, 0.25) is 5.02 Å². The molecule has 0 spiro atoms. The van der Waals surface area contributed by atoms with Crippen LogP contribution in [0.15, 0.2) is 70.6 Å². The van der Waals surface area contributed by atoms with Gasteiger partial charge in [0, 0.05) is 11.1 Å². The van der Waals surface area contributed by atoms with Gasteiger partial charge in [0.05, 0.1) is 28.2 Å². The minimum Gasteiger partial charge on any atom is -0.493 e. The first-order valence-electron chi connectivity index (χ1n) is 10.3. The maximum absolute atomic E-state index is 13.0. The largest absolute Gasteiger partial charge is 0.493 e. The van der Waals surface area contributed by atoms with E-state index in [1.165, 1.54) is 19.2 Å². The molecule has 37 heavy (non-hydrogen) atoms. The molecule has 8 nitrogen and oxygen atoms in total. The van der Waals surface area contributed by atoms with Crippen LogP contribution >= 0.6 is 23.4 Å². The van der Waals surface area contributed by atoms with Crippen molar-refractivity contribution < 1.29 is 32.4 Å². The summed E-state index contributed by atoms with van der Waals surface area (Å²) in [6.45, 7) is 0. The summed E-state index contributed by atoms with van der Waals surface area (Å²) in [6.07, 6.45) is -3.17. The van der Waals surface area contributed by atoms with Crippen LogP contribution in [0.1, 0.15) is 11.1 Å². The summed E-state index contributed by atoms with van der Waals surface area (Å²) in [5.41, 5.74) is -0.883. The summed E-state index contributed by atoms with van der Waals surface area (Å²) >= 11 is 6.99. The van der Waals surface area contributed by atoms with E-state index >= 15 is 0 Å². The highest BCUT2D eigenvalue weighted by Crippen LogP contribution is 2.40. The summed E-state index contributed by atoms with van der Waals surface area (Å²) in [5.74, 6) is -0.586. The Morgan fingerprint density at radius 1 is 1.05 bits per heavy atom. The second kappa shape index (κ2) is 10.5. The topological polar surface area (TPSA) is 103 Å². The Labute approximate surface area is 216 Å². The zero-order valence-corrected chi connectivity index (χ0v) is 20.3. The lowest BCUT2D eigenvalue weighted by molar-refractivity contribution is -0.385. The van der Waals surface area contributed by atoms with Crippen molar-refractivity contribution in [2.24, 2.45) is 4.99 Å². The Hall–Kier alpha value is -4.03. The summed E-state index contributed by atoms with van der Waals surface area (Å²) < 4.78 is 49.7. The van der Waals surface area contributed by atoms with Crippen molar-refractivity contribution in [2.45, 2.75) is 6.18 Å². The summed E-state index contributed by atoms with van der Waals surface area (Å²) in [4.78, 5) is 27.5. The van der Waals surface area contributed by atoms with Crippen molar-refractivity contribution >= 4 is 51.9 Å². The van der Waals surface area contributed by atoms with Gasteiger partial charge in [-0.05, 0) is 71.9 Å². The van der Waals surface area contributed by atoms with Gasteiger partial charge in [0.15, 0.2) is 16.7 Å². The molecule has 1 amide bonds. The summed E-state index contributed by atoms with van der Waals surface area (Å²) in [7, 11) is 1.33. The Morgan fingerprint density at radius 3 is 2.41 bits per heavy atom. The molecule has 1 aliphatic heterocycles.